The number of hydrogen-bond acceptors (Lipinski definition) is 4. The molecular formula is C15H10O4. The Morgan fingerprint density at radius 2 is 1.68 bits per heavy atom. The first-order chi connectivity index (χ1) is 9.18. The Labute approximate surface area is 109 Å². The highest BCUT2D eigenvalue weighted by molar-refractivity contribution is 6.47. The highest BCUT2D eigenvalue weighted by Crippen LogP contribution is 2.37. The van der Waals surface area contributed by atoms with E-state index in [1.807, 2.05) is 6.07 Å². The van der Waals surface area contributed by atoms with Gasteiger partial charge >= 0.3 is 0 Å². The number of ether oxygens (including phenoxy) is 1. The minimum absolute atomic E-state index is 0.0559. The van der Waals surface area contributed by atoms with Gasteiger partial charge in [-0.05, 0) is 12.1 Å². The van der Waals surface area contributed by atoms with Gasteiger partial charge in [0, 0.05) is 5.56 Å². The number of benzene rings is 2. The van der Waals surface area contributed by atoms with E-state index in [9.17, 15) is 14.7 Å². The third-order valence-electron chi connectivity index (χ3n) is 3.04. The Kier molecular flexibility index (Phi) is 2.56. The molecule has 2 aromatic rings. The number of carbonyl (C=O) groups is 2. The average Bonchev–Trinajstić information content (AvgIpc) is 2.43. The minimum atomic E-state index is -0.942. The number of rotatable bonds is 1. The summed E-state index contributed by atoms with van der Waals surface area (Å²) in [6.07, 6.45) is -0.942. The molecule has 1 heterocycles. The molecular weight excluding hydrogens is 244 g/mol. The number of ketones is 2. The lowest BCUT2D eigenvalue weighted by atomic mass is 9.94. The predicted octanol–water partition coefficient (Wildman–Crippen LogP) is 2.28. The molecule has 0 saturated carbocycles. The number of phenolic OH excluding ortho intramolecular Hbond substituents is 1. The van der Waals surface area contributed by atoms with Gasteiger partial charge in [-0.3, -0.25) is 9.59 Å². The molecule has 1 aliphatic rings. The highest BCUT2D eigenvalue weighted by atomic mass is 16.5. The van der Waals surface area contributed by atoms with Gasteiger partial charge in [0.2, 0.25) is 11.6 Å². The summed E-state index contributed by atoms with van der Waals surface area (Å²) in [5.74, 6) is -1.38. The number of carbonyl (C=O) groups excluding carboxylic acids is 2. The first-order valence-corrected chi connectivity index (χ1v) is 5.80. The zero-order chi connectivity index (χ0) is 13.4. The van der Waals surface area contributed by atoms with Gasteiger partial charge in [-0.25, -0.2) is 0 Å². The third-order valence-corrected chi connectivity index (χ3v) is 3.04. The van der Waals surface area contributed by atoms with Gasteiger partial charge in [0.05, 0.1) is 0 Å². The van der Waals surface area contributed by atoms with Crippen LogP contribution in [-0.4, -0.2) is 16.7 Å². The largest absolute Gasteiger partial charge is 0.507 e. The van der Waals surface area contributed by atoms with Crippen molar-refractivity contribution in [1.82, 2.24) is 0 Å². The maximum atomic E-state index is 12.1. The van der Waals surface area contributed by atoms with Gasteiger partial charge in [-0.15, -0.1) is 0 Å². The number of aromatic hydroxyl groups is 1. The summed E-state index contributed by atoms with van der Waals surface area (Å²) in [7, 11) is 0. The molecule has 19 heavy (non-hydrogen) atoms. The van der Waals surface area contributed by atoms with E-state index in [1.54, 1.807) is 36.4 Å². The molecule has 0 aliphatic carbocycles. The molecule has 1 aliphatic heterocycles. The van der Waals surface area contributed by atoms with Crippen LogP contribution < -0.4 is 4.74 Å². The molecule has 94 valence electrons. The third kappa shape index (κ3) is 1.78. The molecule has 1 N–H and O–H groups in total. The number of hydrogen-bond donors (Lipinski definition) is 1. The van der Waals surface area contributed by atoms with E-state index in [4.69, 9.17) is 4.74 Å². The lowest BCUT2D eigenvalue weighted by Crippen LogP contribution is -2.31. The van der Waals surface area contributed by atoms with Gasteiger partial charge in [-0.1, -0.05) is 36.4 Å². The van der Waals surface area contributed by atoms with Crippen LogP contribution in [0.1, 0.15) is 22.0 Å². The SMILES string of the molecule is O=C1C(=O)C(c2ccccc2)Oc2cccc(O)c21. The van der Waals surface area contributed by atoms with Crippen LogP contribution in [0.5, 0.6) is 11.5 Å². The van der Waals surface area contributed by atoms with E-state index in [-0.39, 0.29) is 17.1 Å². The standard InChI is InChI=1S/C15H10O4/c16-10-7-4-8-11-12(10)13(17)14(18)15(19-11)9-5-2-1-3-6-9/h1-8,15-16H. The van der Waals surface area contributed by atoms with Crippen molar-refractivity contribution in [3.63, 3.8) is 0 Å². The van der Waals surface area contributed by atoms with E-state index >= 15 is 0 Å². The van der Waals surface area contributed by atoms with Crippen molar-refractivity contribution in [2.24, 2.45) is 0 Å². The van der Waals surface area contributed by atoms with Crippen LogP contribution in [0.15, 0.2) is 48.5 Å². The Morgan fingerprint density at radius 1 is 0.947 bits per heavy atom. The monoisotopic (exact) mass is 254 g/mol. The molecule has 1 unspecified atom stereocenters. The van der Waals surface area contributed by atoms with Crippen molar-refractivity contribution in [1.29, 1.82) is 0 Å². The van der Waals surface area contributed by atoms with E-state index in [1.165, 1.54) is 6.07 Å². The fourth-order valence-corrected chi connectivity index (χ4v) is 2.12. The molecule has 4 nitrogen and oxygen atoms in total. The number of Topliss-reactive ketones (excluding diaryl/α,β-unsaturated/α-hetero) is 2. The molecule has 0 aromatic heterocycles. The first-order valence-electron chi connectivity index (χ1n) is 5.80. The summed E-state index contributed by atoms with van der Waals surface area (Å²) < 4.78 is 5.55. The van der Waals surface area contributed by atoms with Crippen molar-refractivity contribution in [2.45, 2.75) is 6.10 Å². The number of phenols is 1. The van der Waals surface area contributed by atoms with Crippen molar-refractivity contribution < 1.29 is 19.4 Å². The van der Waals surface area contributed by atoms with E-state index in [0.29, 0.717) is 5.56 Å². The molecule has 4 heteroatoms. The first kappa shape index (κ1) is 11.5. The van der Waals surface area contributed by atoms with E-state index < -0.39 is 17.7 Å². The minimum Gasteiger partial charge on any atom is -0.507 e. The molecule has 2 aromatic carbocycles. The summed E-state index contributed by atoms with van der Waals surface area (Å²) in [5, 5.41) is 9.65. The summed E-state index contributed by atoms with van der Waals surface area (Å²) in [5.41, 5.74) is 0.564. The van der Waals surface area contributed by atoms with Gasteiger partial charge in [-0.2, -0.15) is 0 Å². The van der Waals surface area contributed by atoms with Crippen molar-refractivity contribution in [3.05, 3.63) is 59.7 Å². The van der Waals surface area contributed by atoms with Crippen LogP contribution >= 0.6 is 0 Å². The summed E-state index contributed by atoms with van der Waals surface area (Å²) in [6, 6.07) is 13.3. The van der Waals surface area contributed by atoms with Crippen LogP contribution in [-0.2, 0) is 4.79 Å². The molecule has 0 fully saturated rings. The molecule has 0 amide bonds. The fraction of sp³-hybridized carbons (Fsp3) is 0.0667. The predicted molar refractivity (Wildman–Crippen MR) is 67.3 cm³/mol. The van der Waals surface area contributed by atoms with Gasteiger partial charge in [0.25, 0.3) is 0 Å². The molecule has 1 atom stereocenters. The smallest absolute Gasteiger partial charge is 0.248 e. The molecule has 3 rings (SSSR count). The zero-order valence-corrected chi connectivity index (χ0v) is 9.87. The Bertz CT molecular complexity index is 661. The van der Waals surface area contributed by atoms with E-state index in [2.05, 4.69) is 0 Å². The maximum absolute atomic E-state index is 12.1. The quantitative estimate of drug-likeness (QED) is 0.793. The molecule has 0 bridgehead atoms. The highest BCUT2D eigenvalue weighted by Gasteiger charge is 2.38. The summed E-state index contributed by atoms with van der Waals surface area (Å²) in [6.45, 7) is 0. The maximum Gasteiger partial charge on any atom is 0.248 e. The second kappa shape index (κ2) is 4.24. The zero-order valence-electron chi connectivity index (χ0n) is 9.87. The summed E-state index contributed by atoms with van der Waals surface area (Å²) >= 11 is 0. The van der Waals surface area contributed by atoms with Gasteiger partial charge in [0.15, 0.2) is 6.10 Å². The lowest BCUT2D eigenvalue weighted by Gasteiger charge is -2.24. The Morgan fingerprint density at radius 3 is 2.42 bits per heavy atom. The van der Waals surface area contributed by atoms with Crippen LogP contribution in [0.4, 0.5) is 0 Å². The van der Waals surface area contributed by atoms with Crippen LogP contribution in [0.3, 0.4) is 0 Å². The summed E-state index contributed by atoms with van der Waals surface area (Å²) in [4.78, 5) is 24.1. The van der Waals surface area contributed by atoms with Crippen molar-refractivity contribution in [3.8, 4) is 11.5 Å². The normalized spacial score (nSPS) is 17.8. The van der Waals surface area contributed by atoms with Crippen LogP contribution in [0.25, 0.3) is 0 Å². The van der Waals surface area contributed by atoms with Crippen LogP contribution in [0, 0.1) is 0 Å². The second-order valence-electron chi connectivity index (χ2n) is 4.25. The van der Waals surface area contributed by atoms with Gasteiger partial charge < -0.3 is 9.84 Å². The molecule has 0 spiro atoms. The Hall–Kier alpha value is -2.62. The van der Waals surface area contributed by atoms with Gasteiger partial charge in [0.1, 0.15) is 17.1 Å². The van der Waals surface area contributed by atoms with Crippen LogP contribution in [0.2, 0.25) is 0 Å². The van der Waals surface area contributed by atoms with Crippen molar-refractivity contribution >= 4 is 11.6 Å². The van der Waals surface area contributed by atoms with Crippen molar-refractivity contribution in [2.75, 3.05) is 0 Å². The molecule has 0 saturated heterocycles. The average molecular weight is 254 g/mol. The lowest BCUT2D eigenvalue weighted by molar-refractivity contribution is -0.122. The topological polar surface area (TPSA) is 63.6 Å². The molecule has 0 radical (unpaired) electrons. The fourth-order valence-electron chi connectivity index (χ4n) is 2.12. The number of fused-ring (bicyclic) bond motifs is 1. The Balaban J connectivity index is 2.10. The van der Waals surface area contributed by atoms with E-state index in [0.717, 1.165) is 0 Å². The second-order valence-corrected chi connectivity index (χ2v) is 4.25.